The molecule has 0 aliphatic carbocycles. The van der Waals surface area contributed by atoms with Gasteiger partial charge in [-0.1, -0.05) is 70.4 Å². The second-order valence-electron chi connectivity index (χ2n) is 5.79. The van der Waals surface area contributed by atoms with Crippen LogP contribution in [0.15, 0.2) is 12.2 Å². The minimum Gasteiger partial charge on any atom is -0.662 e. The van der Waals surface area contributed by atoms with E-state index in [9.17, 15) is 10.1 Å². The second-order valence-corrected chi connectivity index (χ2v) is 5.79. The van der Waals surface area contributed by atoms with Gasteiger partial charge in [-0.05, 0) is 32.1 Å². The van der Waals surface area contributed by atoms with E-state index in [0.29, 0.717) is 0 Å². The van der Waals surface area contributed by atoms with Crippen LogP contribution in [-0.2, 0) is 9.68 Å². The summed E-state index contributed by atoms with van der Waals surface area (Å²) in [6.07, 6.45) is 20.8. The zero-order valence-electron chi connectivity index (χ0n) is 14.8. The van der Waals surface area contributed by atoms with E-state index in [1.54, 1.807) is 0 Å². The summed E-state index contributed by atoms with van der Waals surface area (Å²) >= 11 is 0. The van der Waals surface area contributed by atoms with E-state index in [0.717, 1.165) is 19.3 Å². The van der Waals surface area contributed by atoms with Crippen molar-refractivity contribution in [2.24, 2.45) is 0 Å². The van der Waals surface area contributed by atoms with Crippen LogP contribution in [0.1, 0.15) is 96.8 Å². The van der Waals surface area contributed by atoms with Crippen LogP contribution < -0.4 is 34.8 Å². The largest absolute Gasteiger partial charge is 1.00 e. The zero-order chi connectivity index (χ0) is 15.6. The van der Waals surface area contributed by atoms with E-state index in [1.165, 1.54) is 64.2 Å². The van der Waals surface area contributed by atoms with Gasteiger partial charge in [-0.2, -0.15) is 0 Å². The predicted molar refractivity (Wildman–Crippen MR) is 85.5 cm³/mol. The van der Waals surface area contributed by atoms with E-state index in [1.807, 2.05) is 0 Å². The van der Waals surface area contributed by atoms with Gasteiger partial charge in [0.15, 0.2) is 0 Å². The first-order chi connectivity index (χ1) is 10.3. The molecule has 0 aromatic heterocycles. The van der Waals surface area contributed by atoms with Crippen molar-refractivity contribution in [3.8, 4) is 0 Å². The molecule has 22 heavy (non-hydrogen) atoms. The normalized spacial score (nSPS) is 10.6. The molecule has 0 N–H and O–H groups in total. The summed E-state index contributed by atoms with van der Waals surface area (Å²) in [5.74, 6) is -0.632. The summed E-state index contributed by atoms with van der Waals surface area (Å²) in [4.78, 5) is 14.0. The van der Waals surface area contributed by atoms with Crippen LogP contribution in [0.25, 0.3) is 0 Å². The third-order valence-corrected chi connectivity index (χ3v) is 3.74. The molecule has 0 bridgehead atoms. The van der Waals surface area contributed by atoms with Gasteiger partial charge in [-0.25, -0.2) is 0 Å². The van der Waals surface area contributed by atoms with Gasteiger partial charge in [-0.15, -0.1) is 0 Å². The van der Waals surface area contributed by atoms with Crippen LogP contribution in [0.4, 0.5) is 0 Å². The molecule has 0 rings (SSSR count). The van der Waals surface area contributed by atoms with Crippen molar-refractivity contribution in [1.29, 1.82) is 0 Å². The molecule has 0 atom stereocenters. The number of allylic oxidation sites excluding steroid dienone is 2. The van der Waals surface area contributed by atoms with Crippen molar-refractivity contribution < 1.29 is 44.5 Å². The van der Waals surface area contributed by atoms with Crippen molar-refractivity contribution in [1.82, 2.24) is 0 Å². The molecule has 0 heterocycles. The van der Waals surface area contributed by atoms with Crippen molar-refractivity contribution in [3.05, 3.63) is 12.2 Å². The monoisotopic (exact) mass is 320 g/mol. The van der Waals surface area contributed by atoms with Gasteiger partial charge in [-0.3, -0.25) is 4.79 Å². The van der Waals surface area contributed by atoms with E-state index < -0.39 is 5.97 Å². The Labute approximate surface area is 159 Å². The average molecular weight is 320 g/mol. The first kappa shape index (κ1) is 24.4. The van der Waals surface area contributed by atoms with E-state index >= 15 is 0 Å². The first-order valence-electron chi connectivity index (χ1n) is 8.79. The molecule has 0 aliphatic heterocycles. The molecular formula is C18H33NaO3. The first-order valence-corrected chi connectivity index (χ1v) is 8.79. The van der Waals surface area contributed by atoms with Crippen LogP contribution in [0, 0.1) is 0 Å². The van der Waals surface area contributed by atoms with Crippen LogP contribution in [0.5, 0.6) is 0 Å². The number of hydrogen-bond acceptors (Lipinski definition) is 3. The molecule has 0 saturated carbocycles. The smallest absolute Gasteiger partial charge is 0.662 e. The topological polar surface area (TPSA) is 49.4 Å². The third kappa shape index (κ3) is 20.2. The van der Waals surface area contributed by atoms with E-state index in [-0.39, 0.29) is 36.0 Å². The average Bonchev–Trinajstić information content (AvgIpc) is 2.50. The van der Waals surface area contributed by atoms with Crippen molar-refractivity contribution in [3.63, 3.8) is 0 Å². The van der Waals surface area contributed by atoms with Crippen LogP contribution in [0.3, 0.4) is 0 Å². The van der Waals surface area contributed by atoms with Gasteiger partial charge in [0, 0.05) is 6.42 Å². The Bertz CT molecular complexity index is 255. The molecule has 124 valence electrons. The fraction of sp³-hybridized carbons (Fsp3) is 0.833. The summed E-state index contributed by atoms with van der Waals surface area (Å²) in [5.41, 5.74) is 0. The molecule has 0 aromatic rings. The molecule has 0 unspecified atom stereocenters. The molecule has 0 fully saturated rings. The molecular weight excluding hydrogens is 287 g/mol. The summed E-state index contributed by atoms with van der Waals surface area (Å²) in [7, 11) is 0. The van der Waals surface area contributed by atoms with Crippen LogP contribution in [0.2, 0.25) is 0 Å². The van der Waals surface area contributed by atoms with Gasteiger partial charge >= 0.3 is 29.6 Å². The summed E-state index contributed by atoms with van der Waals surface area (Å²) < 4.78 is 0. The van der Waals surface area contributed by atoms with E-state index in [4.69, 9.17) is 0 Å². The van der Waals surface area contributed by atoms with Gasteiger partial charge < -0.3 is 10.1 Å². The number of hydrogen-bond donors (Lipinski definition) is 0. The fourth-order valence-electron chi connectivity index (χ4n) is 2.38. The SMILES string of the molecule is CCCCCCCC/C=C\CCCCCCCC(=O)O[O-].[Na+]. The molecule has 0 radical (unpaired) electrons. The Morgan fingerprint density at radius 2 is 1.27 bits per heavy atom. The molecule has 0 spiro atoms. The second kappa shape index (κ2) is 21.2. The number of rotatable bonds is 15. The summed E-state index contributed by atoms with van der Waals surface area (Å²) in [6.45, 7) is 2.25. The van der Waals surface area contributed by atoms with Crippen molar-refractivity contribution in [2.45, 2.75) is 96.8 Å². The molecule has 0 aromatic carbocycles. The van der Waals surface area contributed by atoms with E-state index in [2.05, 4.69) is 24.0 Å². The fourth-order valence-corrected chi connectivity index (χ4v) is 2.38. The maximum atomic E-state index is 10.6. The van der Waals surface area contributed by atoms with Crippen molar-refractivity contribution in [2.75, 3.05) is 0 Å². The quantitative estimate of drug-likeness (QED) is 0.152. The van der Waals surface area contributed by atoms with Gasteiger partial charge in [0.2, 0.25) is 0 Å². The zero-order valence-corrected chi connectivity index (χ0v) is 16.8. The van der Waals surface area contributed by atoms with Crippen LogP contribution >= 0.6 is 0 Å². The van der Waals surface area contributed by atoms with Crippen molar-refractivity contribution >= 4 is 5.97 Å². The Hall–Kier alpha value is 0.170. The predicted octanol–water partition coefficient (Wildman–Crippen LogP) is 1.85. The Morgan fingerprint density at radius 3 is 1.77 bits per heavy atom. The molecule has 0 amide bonds. The number of carbonyl (C=O) groups excluding carboxylic acids is 1. The summed E-state index contributed by atoms with van der Waals surface area (Å²) in [6, 6.07) is 0. The molecule has 0 saturated heterocycles. The van der Waals surface area contributed by atoms with Crippen LogP contribution in [-0.4, -0.2) is 5.97 Å². The third-order valence-electron chi connectivity index (χ3n) is 3.74. The number of carbonyl (C=O) groups is 1. The van der Waals surface area contributed by atoms with Gasteiger partial charge in [0.25, 0.3) is 5.97 Å². The Balaban J connectivity index is 0. The number of unbranched alkanes of at least 4 members (excludes halogenated alkanes) is 11. The minimum absolute atomic E-state index is 0. The Morgan fingerprint density at radius 1 is 0.818 bits per heavy atom. The summed E-state index contributed by atoms with van der Waals surface area (Å²) in [5, 5.41) is 9.75. The molecule has 4 heteroatoms. The molecule has 3 nitrogen and oxygen atoms in total. The van der Waals surface area contributed by atoms with Gasteiger partial charge in [0.05, 0.1) is 0 Å². The maximum Gasteiger partial charge on any atom is 1.00 e. The maximum absolute atomic E-state index is 10.6. The van der Waals surface area contributed by atoms with Gasteiger partial charge in [0.1, 0.15) is 0 Å². The minimum atomic E-state index is -0.632. The Kier molecular flexibility index (Phi) is 23.5. The standard InChI is InChI=1S/C18H34O3.Na/c1-2-3-4-5-6-7-8-9-10-11-12-13-14-15-16-17-18(19)21-20;/h9-10,20H,2-8,11-17H2,1H3;/q;+1/p-1/b10-9-;. The molecule has 0 aliphatic rings.